The molecule has 0 nitrogen and oxygen atoms in total. The van der Waals surface area contributed by atoms with Gasteiger partial charge in [-0.1, -0.05) is 27.9 Å². The molecule has 1 aliphatic carbocycles. The normalized spacial score (nSPS) is 20.0. The van der Waals surface area contributed by atoms with Gasteiger partial charge in [-0.25, -0.2) is 0 Å². The molecule has 1 fully saturated rings. The van der Waals surface area contributed by atoms with Crippen molar-refractivity contribution < 1.29 is 0 Å². The summed E-state index contributed by atoms with van der Waals surface area (Å²) in [5.74, 6) is 0. The molecular weight excluding hydrogens is 176 g/mol. The van der Waals surface area contributed by atoms with E-state index in [0.717, 1.165) is 0 Å². The third kappa shape index (κ3) is 2.13. The summed E-state index contributed by atoms with van der Waals surface area (Å²) in [6.07, 6.45) is 6.90. The third-order valence-corrected chi connectivity index (χ3v) is 2.51. The molecule has 0 unspecified atom stereocenters. The lowest BCUT2D eigenvalue weighted by atomic mass is 9.95. The molecule has 1 heteroatoms. The third-order valence-electron chi connectivity index (χ3n) is 1.94. The van der Waals surface area contributed by atoms with E-state index >= 15 is 0 Å². The molecule has 0 saturated heterocycles. The maximum atomic E-state index is 3.52. The Bertz CT molecular complexity index is 113. The van der Waals surface area contributed by atoms with Crippen LogP contribution in [0.2, 0.25) is 0 Å². The van der Waals surface area contributed by atoms with E-state index in [4.69, 9.17) is 0 Å². The van der Waals surface area contributed by atoms with Crippen LogP contribution in [-0.4, -0.2) is 0 Å². The van der Waals surface area contributed by atoms with Gasteiger partial charge in [-0.15, -0.1) is 0 Å². The van der Waals surface area contributed by atoms with Gasteiger partial charge in [0.05, 0.1) is 0 Å². The van der Waals surface area contributed by atoms with Crippen molar-refractivity contribution in [1.82, 2.24) is 0 Å². The molecule has 0 radical (unpaired) electrons. The minimum Gasteiger partial charge on any atom is -0.0604 e. The molecular formula is C8H13Br. The van der Waals surface area contributed by atoms with Crippen LogP contribution in [0.25, 0.3) is 0 Å². The standard InChI is InChI=1S/C8H13Br/c1-7(9)8-5-3-2-4-6-8/h2-6H2,1H3. The van der Waals surface area contributed by atoms with Crippen molar-refractivity contribution in [2.24, 2.45) is 0 Å². The number of rotatable bonds is 0. The number of allylic oxidation sites excluding steroid dienone is 2. The minimum atomic E-state index is 1.33. The van der Waals surface area contributed by atoms with E-state index in [1.165, 1.54) is 36.6 Å². The van der Waals surface area contributed by atoms with Gasteiger partial charge in [-0.2, -0.15) is 0 Å². The molecule has 0 aromatic carbocycles. The van der Waals surface area contributed by atoms with Crippen LogP contribution in [0, 0.1) is 0 Å². The fourth-order valence-corrected chi connectivity index (χ4v) is 1.72. The first kappa shape index (κ1) is 7.33. The SMILES string of the molecule is CC(Br)=C1CCCCC1. The molecule has 0 aromatic rings. The Labute approximate surface area is 65.5 Å². The molecule has 0 spiro atoms. The zero-order valence-electron chi connectivity index (χ0n) is 5.91. The van der Waals surface area contributed by atoms with Gasteiger partial charge in [-0.05, 0) is 37.1 Å². The maximum Gasteiger partial charge on any atom is -0.00884 e. The van der Waals surface area contributed by atoms with E-state index < -0.39 is 0 Å². The topological polar surface area (TPSA) is 0 Å². The van der Waals surface area contributed by atoms with Crippen molar-refractivity contribution in [1.29, 1.82) is 0 Å². The van der Waals surface area contributed by atoms with E-state index in [-0.39, 0.29) is 0 Å². The van der Waals surface area contributed by atoms with Crippen molar-refractivity contribution in [2.45, 2.75) is 39.0 Å². The van der Waals surface area contributed by atoms with Crippen LogP contribution in [0.1, 0.15) is 39.0 Å². The van der Waals surface area contributed by atoms with Crippen LogP contribution in [0.5, 0.6) is 0 Å². The summed E-state index contributed by atoms with van der Waals surface area (Å²) in [7, 11) is 0. The summed E-state index contributed by atoms with van der Waals surface area (Å²) in [6.45, 7) is 2.15. The van der Waals surface area contributed by atoms with Crippen molar-refractivity contribution in [3.05, 3.63) is 10.1 Å². The Kier molecular flexibility index (Phi) is 2.77. The minimum absolute atomic E-state index is 1.33. The second-order valence-corrected chi connectivity index (χ2v) is 3.89. The summed E-state index contributed by atoms with van der Waals surface area (Å²) in [5.41, 5.74) is 1.64. The summed E-state index contributed by atoms with van der Waals surface area (Å²) >= 11 is 3.52. The number of halogens is 1. The van der Waals surface area contributed by atoms with Gasteiger partial charge in [0.2, 0.25) is 0 Å². The average Bonchev–Trinajstić information content (AvgIpc) is 1.90. The Hall–Kier alpha value is 0.220. The highest BCUT2D eigenvalue weighted by molar-refractivity contribution is 9.11. The van der Waals surface area contributed by atoms with Gasteiger partial charge in [0.15, 0.2) is 0 Å². The van der Waals surface area contributed by atoms with E-state index in [1.54, 1.807) is 5.57 Å². The fourth-order valence-electron chi connectivity index (χ4n) is 1.32. The van der Waals surface area contributed by atoms with E-state index in [2.05, 4.69) is 22.9 Å². The molecule has 0 atom stereocenters. The predicted octanol–water partition coefficient (Wildman–Crippen LogP) is 3.62. The van der Waals surface area contributed by atoms with Crippen LogP contribution < -0.4 is 0 Å². The zero-order valence-corrected chi connectivity index (χ0v) is 7.50. The smallest absolute Gasteiger partial charge is 0.00884 e. The summed E-state index contributed by atoms with van der Waals surface area (Å²) in [5, 5.41) is 0. The molecule has 0 bridgehead atoms. The maximum absolute atomic E-state index is 3.52. The van der Waals surface area contributed by atoms with Gasteiger partial charge in [0.25, 0.3) is 0 Å². The van der Waals surface area contributed by atoms with Gasteiger partial charge < -0.3 is 0 Å². The average molecular weight is 189 g/mol. The summed E-state index contributed by atoms with van der Waals surface area (Å²) < 4.78 is 1.38. The molecule has 0 aliphatic heterocycles. The molecule has 0 aromatic heterocycles. The van der Waals surface area contributed by atoms with Gasteiger partial charge in [0, 0.05) is 0 Å². The predicted molar refractivity (Wildman–Crippen MR) is 44.7 cm³/mol. The highest BCUT2D eigenvalue weighted by Crippen LogP contribution is 2.27. The van der Waals surface area contributed by atoms with E-state index in [1.807, 2.05) is 0 Å². The Balaban J connectivity index is 2.49. The summed E-state index contributed by atoms with van der Waals surface area (Å²) in [6, 6.07) is 0. The molecule has 52 valence electrons. The Morgan fingerprint density at radius 1 is 1.22 bits per heavy atom. The molecule has 0 heterocycles. The number of hydrogen-bond donors (Lipinski definition) is 0. The highest BCUT2D eigenvalue weighted by atomic mass is 79.9. The second kappa shape index (κ2) is 3.40. The van der Waals surface area contributed by atoms with Crippen LogP contribution in [0.3, 0.4) is 0 Å². The van der Waals surface area contributed by atoms with Crippen LogP contribution in [0.4, 0.5) is 0 Å². The molecule has 1 rings (SSSR count). The Morgan fingerprint density at radius 2 is 1.78 bits per heavy atom. The lowest BCUT2D eigenvalue weighted by molar-refractivity contribution is 0.597. The quantitative estimate of drug-likeness (QED) is 0.545. The summed E-state index contributed by atoms with van der Waals surface area (Å²) in [4.78, 5) is 0. The lowest BCUT2D eigenvalue weighted by Crippen LogP contribution is -1.93. The monoisotopic (exact) mass is 188 g/mol. The molecule has 9 heavy (non-hydrogen) atoms. The molecule has 1 aliphatic rings. The van der Waals surface area contributed by atoms with E-state index in [9.17, 15) is 0 Å². The van der Waals surface area contributed by atoms with Gasteiger partial charge >= 0.3 is 0 Å². The van der Waals surface area contributed by atoms with Crippen LogP contribution in [0.15, 0.2) is 10.1 Å². The van der Waals surface area contributed by atoms with Crippen LogP contribution >= 0.6 is 15.9 Å². The molecule has 1 saturated carbocycles. The van der Waals surface area contributed by atoms with Crippen molar-refractivity contribution in [2.75, 3.05) is 0 Å². The largest absolute Gasteiger partial charge is 0.0604 e. The van der Waals surface area contributed by atoms with Crippen LogP contribution in [-0.2, 0) is 0 Å². The van der Waals surface area contributed by atoms with Crippen molar-refractivity contribution >= 4 is 15.9 Å². The van der Waals surface area contributed by atoms with Crippen molar-refractivity contribution in [3.63, 3.8) is 0 Å². The lowest BCUT2D eigenvalue weighted by Gasteiger charge is -2.13. The second-order valence-electron chi connectivity index (χ2n) is 2.70. The first-order valence-corrected chi connectivity index (χ1v) is 4.44. The van der Waals surface area contributed by atoms with Crippen molar-refractivity contribution in [3.8, 4) is 0 Å². The molecule has 0 amide bonds. The number of hydrogen-bond acceptors (Lipinski definition) is 0. The first-order valence-electron chi connectivity index (χ1n) is 3.65. The fraction of sp³-hybridized carbons (Fsp3) is 0.750. The zero-order chi connectivity index (χ0) is 6.69. The van der Waals surface area contributed by atoms with E-state index in [0.29, 0.717) is 0 Å². The first-order chi connectivity index (χ1) is 4.30. The highest BCUT2D eigenvalue weighted by Gasteiger charge is 2.05. The molecule has 0 N–H and O–H groups in total. The van der Waals surface area contributed by atoms with Gasteiger partial charge in [0.1, 0.15) is 0 Å². The van der Waals surface area contributed by atoms with Gasteiger partial charge in [-0.3, -0.25) is 0 Å². The Morgan fingerprint density at radius 3 is 2.11 bits per heavy atom.